The molecule has 3 N–H and O–H groups in total. The molecule has 0 aliphatic carbocycles. The first-order chi connectivity index (χ1) is 8.43. The second-order valence-electron chi connectivity index (χ2n) is 7.17. The van der Waals surface area contributed by atoms with Crippen molar-refractivity contribution in [2.45, 2.75) is 58.8 Å². The zero-order chi connectivity index (χ0) is 15.0. The van der Waals surface area contributed by atoms with Crippen molar-refractivity contribution in [3.8, 4) is 5.75 Å². The Morgan fingerprint density at radius 2 is 1.53 bits per heavy atom. The summed E-state index contributed by atoms with van der Waals surface area (Å²) in [5, 5.41) is 10.2. The van der Waals surface area contributed by atoms with Gasteiger partial charge in [-0.15, -0.1) is 0 Å². The van der Waals surface area contributed by atoms with Gasteiger partial charge in [-0.2, -0.15) is 0 Å². The topological polar surface area (TPSA) is 63.3 Å². The van der Waals surface area contributed by atoms with E-state index < -0.39 is 0 Å². The molecule has 1 aromatic rings. The average Bonchev–Trinajstić information content (AvgIpc) is 2.11. The number of carbonyl (C=O) groups excluding carboxylic acids is 1. The molecule has 0 saturated heterocycles. The monoisotopic (exact) mass is 263 g/mol. The Balaban J connectivity index is 3.51. The van der Waals surface area contributed by atoms with E-state index in [1.165, 1.54) is 0 Å². The third-order valence-electron chi connectivity index (χ3n) is 3.20. The van der Waals surface area contributed by atoms with E-state index in [0.717, 1.165) is 16.7 Å². The van der Waals surface area contributed by atoms with Crippen LogP contribution in [0.5, 0.6) is 5.75 Å². The lowest BCUT2D eigenvalue weighted by atomic mass is 9.77. The lowest BCUT2D eigenvalue weighted by Gasteiger charge is -2.28. The number of amides is 1. The van der Waals surface area contributed by atoms with Crippen molar-refractivity contribution in [2.75, 3.05) is 0 Å². The highest BCUT2D eigenvalue weighted by molar-refractivity contribution is 5.77. The summed E-state index contributed by atoms with van der Waals surface area (Å²) in [6.07, 6.45) is 0.157. The van der Waals surface area contributed by atoms with Crippen molar-refractivity contribution in [2.24, 2.45) is 5.73 Å². The minimum atomic E-state index is -0.381. The molecular weight excluding hydrogens is 238 g/mol. The molecule has 0 atom stereocenters. The van der Waals surface area contributed by atoms with Crippen molar-refractivity contribution in [3.05, 3.63) is 28.8 Å². The van der Waals surface area contributed by atoms with Gasteiger partial charge in [0.2, 0.25) is 5.91 Å². The van der Waals surface area contributed by atoms with E-state index in [-0.39, 0.29) is 28.9 Å². The van der Waals surface area contributed by atoms with Gasteiger partial charge >= 0.3 is 0 Å². The van der Waals surface area contributed by atoms with Gasteiger partial charge in [-0.3, -0.25) is 4.79 Å². The van der Waals surface area contributed by atoms with Crippen LogP contribution in [0.1, 0.15) is 58.2 Å². The highest BCUT2D eigenvalue weighted by Crippen LogP contribution is 2.37. The molecule has 0 heterocycles. The number of phenolic OH excluding ortho intramolecular Hbond substituents is 1. The summed E-state index contributed by atoms with van der Waals surface area (Å²) < 4.78 is 0. The number of hydrogen-bond donors (Lipinski definition) is 2. The second-order valence-corrected chi connectivity index (χ2v) is 7.17. The summed E-state index contributed by atoms with van der Waals surface area (Å²) in [5.41, 5.74) is 7.82. The van der Waals surface area contributed by atoms with Gasteiger partial charge in [0.15, 0.2) is 0 Å². The smallest absolute Gasteiger partial charge is 0.221 e. The number of benzene rings is 1. The minimum Gasteiger partial charge on any atom is -0.508 e. The predicted octanol–water partition coefficient (Wildman–Crippen LogP) is 3.02. The number of phenols is 1. The first-order valence-corrected chi connectivity index (χ1v) is 6.58. The zero-order valence-electron chi connectivity index (χ0n) is 12.8. The fourth-order valence-electron chi connectivity index (χ4n) is 2.26. The van der Waals surface area contributed by atoms with E-state index in [2.05, 4.69) is 41.5 Å². The number of carbonyl (C=O) groups is 1. The Kier molecular flexibility index (Phi) is 3.99. The van der Waals surface area contributed by atoms with Crippen LogP contribution in [0.15, 0.2) is 12.1 Å². The maximum absolute atomic E-state index is 11.2. The Hall–Kier alpha value is -1.51. The molecule has 0 spiro atoms. The van der Waals surface area contributed by atoms with Gasteiger partial charge in [0.1, 0.15) is 5.75 Å². The highest BCUT2D eigenvalue weighted by atomic mass is 16.3. The molecule has 0 aromatic heterocycles. The van der Waals surface area contributed by atoms with E-state index in [1.54, 1.807) is 6.07 Å². The third-order valence-corrected chi connectivity index (χ3v) is 3.20. The fourth-order valence-corrected chi connectivity index (χ4v) is 2.26. The Labute approximate surface area is 115 Å². The second kappa shape index (κ2) is 4.87. The summed E-state index contributed by atoms with van der Waals surface area (Å²) in [6.45, 7) is 12.5. The van der Waals surface area contributed by atoms with Crippen LogP contribution in [0.2, 0.25) is 0 Å². The molecule has 3 nitrogen and oxygen atoms in total. The standard InChI is InChI=1S/C16H25NO2/c1-15(2,3)11-9-12(16(4,5)6)13(18)7-10(11)8-14(17)19/h7,9,18H,8H2,1-6H3,(H2,17,19). The van der Waals surface area contributed by atoms with Crippen LogP contribution in [-0.4, -0.2) is 11.0 Å². The molecule has 0 saturated carbocycles. The average molecular weight is 263 g/mol. The maximum atomic E-state index is 11.2. The SMILES string of the molecule is CC(C)(C)c1cc(C(C)(C)C)c(CC(N)=O)cc1O. The van der Waals surface area contributed by atoms with Gasteiger partial charge in [-0.1, -0.05) is 47.6 Å². The lowest BCUT2D eigenvalue weighted by molar-refractivity contribution is -0.117. The maximum Gasteiger partial charge on any atom is 0.221 e. The molecule has 19 heavy (non-hydrogen) atoms. The Morgan fingerprint density at radius 1 is 1.05 bits per heavy atom. The molecule has 0 unspecified atom stereocenters. The predicted molar refractivity (Wildman–Crippen MR) is 78.4 cm³/mol. The van der Waals surface area contributed by atoms with Gasteiger partial charge in [-0.05, 0) is 33.6 Å². The van der Waals surface area contributed by atoms with Gasteiger partial charge in [0.05, 0.1) is 6.42 Å². The summed E-state index contributed by atoms with van der Waals surface area (Å²) in [6, 6.07) is 3.69. The van der Waals surface area contributed by atoms with E-state index in [1.807, 2.05) is 6.07 Å². The Bertz CT molecular complexity index is 491. The lowest BCUT2D eigenvalue weighted by Crippen LogP contribution is -2.22. The molecule has 1 amide bonds. The number of rotatable bonds is 2. The van der Waals surface area contributed by atoms with Crippen molar-refractivity contribution >= 4 is 5.91 Å². The van der Waals surface area contributed by atoms with Crippen molar-refractivity contribution < 1.29 is 9.90 Å². The van der Waals surface area contributed by atoms with E-state index in [4.69, 9.17) is 5.73 Å². The molecule has 1 rings (SSSR count). The summed E-state index contributed by atoms with van der Waals surface area (Å²) in [7, 11) is 0. The molecule has 0 aliphatic heterocycles. The van der Waals surface area contributed by atoms with Gasteiger partial charge < -0.3 is 10.8 Å². The number of primary amides is 1. The molecule has 0 aliphatic rings. The highest BCUT2D eigenvalue weighted by Gasteiger charge is 2.25. The molecule has 0 radical (unpaired) electrons. The molecule has 0 bridgehead atoms. The van der Waals surface area contributed by atoms with Crippen LogP contribution < -0.4 is 5.73 Å². The quantitative estimate of drug-likeness (QED) is 0.861. The van der Waals surface area contributed by atoms with Crippen LogP contribution in [0.3, 0.4) is 0 Å². The van der Waals surface area contributed by atoms with Gasteiger partial charge in [0.25, 0.3) is 0 Å². The van der Waals surface area contributed by atoms with Crippen LogP contribution in [0.25, 0.3) is 0 Å². The van der Waals surface area contributed by atoms with Crippen LogP contribution >= 0.6 is 0 Å². The molecule has 1 aromatic carbocycles. The number of hydrogen-bond acceptors (Lipinski definition) is 2. The minimum absolute atomic E-state index is 0.0987. The van der Waals surface area contributed by atoms with Crippen molar-refractivity contribution in [1.82, 2.24) is 0 Å². The molecular formula is C16H25NO2. The summed E-state index contributed by atoms with van der Waals surface area (Å²) in [4.78, 5) is 11.2. The number of nitrogens with two attached hydrogens (primary N) is 1. The van der Waals surface area contributed by atoms with Crippen LogP contribution in [-0.2, 0) is 22.0 Å². The molecule has 106 valence electrons. The van der Waals surface area contributed by atoms with E-state index in [0.29, 0.717) is 0 Å². The normalized spacial score (nSPS) is 12.5. The summed E-state index contributed by atoms with van der Waals surface area (Å²) in [5.74, 6) is -0.148. The number of aromatic hydroxyl groups is 1. The summed E-state index contributed by atoms with van der Waals surface area (Å²) >= 11 is 0. The fraction of sp³-hybridized carbons (Fsp3) is 0.562. The first kappa shape index (κ1) is 15.5. The van der Waals surface area contributed by atoms with Crippen LogP contribution in [0.4, 0.5) is 0 Å². The van der Waals surface area contributed by atoms with Gasteiger partial charge in [-0.25, -0.2) is 0 Å². The van der Waals surface area contributed by atoms with Crippen molar-refractivity contribution in [1.29, 1.82) is 0 Å². The first-order valence-electron chi connectivity index (χ1n) is 6.58. The third kappa shape index (κ3) is 3.72. The van der Waals surface area contributed by atoms with Crippen LogP contribution in [0, 0.1) is 0 Å². The van der Waals surface area contributed by atoms with E-state index in [9.17, 15) is 9.90 Å². The largest absolute Gasteiger partial charge is 0.508 e. The molecule has 3 heteroatoms. The van der Waals surface area contributed by atoms with Gasteiger partial charge in [0, 0.05) is 0 Å². The van der Waals surface area contributed by atoms with Crippen molar-refractivity contribution in [3.63, 3.8) is 0 Å². The Morgan fingerprint density at radius 3 is 1.89 bits per heavy atom. The van der Waals surface area contributed by atoms with E-state index >= 15 is 0 Å². The molecule has 0 fully saturated rings. The zero-order valence-corrected chi connectivity index (χ0v) is 12.8.